The van der Waals surface area contributed by atoms with Crippen LogP contribution in [-0.2, 0) is 28.6 Å². The van der Waals surface area contributed by atoms with Crippen LogP contribution in [0.15, 0.2) is 85.1 Å². The minimum absolute atomic E-state index is 0.104. The lowest BCUT2D eigenvalue weighted by atomic mass is 10.0. The molecule has 0 unspecified atom stereocenters. The molecule has 6 nitrogen and oxygen atoms in total. The van der Waals surface area contributed by atoms with E-state index < -0.39 is 6.10 Å². The lowest BCUT2D eigenvalue weighted by molar-refractivity contribution is -0.166. The summed E-state index contributed by atoms with van der Waals surface area (Å²) in [6.45, 7) is 6.51. The Hall–Kier alpha value is -3.41. The van der Waals surface area contributed by atoms with E-state index in [0.29, 0.717) is 19.3 Å². The maximum Gasteiger partial charge on any atom is 0.306 e. The maximum absolute atomic E-state index is 12.9. The number of esters is 3. The normalized spacial score (nSPS) is 12.6. The maximum atomic E-state index is 12.9. The van der Waals surface area contributed by atoms with E-state index in [1.54, 1.807) is 0 Å². The van der Waals surface area contributed by atoms with Crippen LogP contribution < -0.4 is 0 Å². The van der Waals surface area contributed by atoms with Crippen molar-refractivity contribution in [2.75, 3.05) is 13.2 Å². The third-order valence-electron chi connectivity index (χ3n) is 14.4. The first-order valence-electron chi connectivity index (χ1n) is 33.1. The van der Waals surface area contributed by atoms with Crippen LogP contribution in [-0.4, -0.2) is 37.2 Å². The zero-order valence-corrected chi connectivity index (χ0v) is 51.0. The van der Waals surface area contributed by atoms with Gasteiger partial charge in [-0.25, -0.2) is 0 Å². The molecule has 444 valence electrons. The molecule has 0 aliphatic carbocycles. The molecule has 0 saturated heterocycles. The zero-order valence-electron chi connectivity index (χ0n) is 51.0. The van der Waals surface area contributed by atoms with E-state index >= 15 is 0 Å². The summed E-state index contributed by atoms with van der Waals surface area (Å²) in [5, 5.41) is 0. The van der Waals surface area contributed by atoms with E-state index in [4.69, 9.17) is 14.2 Å². The van der Waals surface area contributed by atoms with E-state index in [1.165, 1.54) is 205 Å². The van der Waals surface area contributed by atoms with Crippen LogP contribution in [0.4, 0.5) is 0 Å². The summed E-state index contributed by atoms with van der Waals surface area (Å²) in [6.07, 6.45) is 86.1. The number of ether oxygens (including phenoxy) is 3. The smallest absolute Gasteiger partial charge is 0.306 e. The van der Waals surface area contributed by atoms with Crippen LogP contribution in [0.1, 0.15) is 329 Å². The predicted molar refractivity (Wildman–Crippen MR) is 334 cm³/mol. The van der Waals surface area contributed by atoms with Gasteiger partial charge in [-0.15, -0.1) is 0 Å². The molecular weight excluding hydrogens is 949 g/mol. The predicted octanol–water partition coefficient (Wildman–Crippen LogP) is 22.7. The van der Waals surface area contributed by atoms with Crippen molar-refractivity contribution in [3.63, 3.8) is 0 Å². The monoisotopic (exact) mass is 1070 g/mol. The van der Waals surface area contributed by atoms with Crippen LogP contribution >= 0.6 is 0 Å². The lowest BCUT2D eigenvalue weighted by Gasteiger charge is -2.18. The van der Waals surface area contributed by atoms with Gasteiger partial charge in [-0.05, 0) is 83.5 Å². The molecule has 0 radical (unpaired) electrons. The Morgan fingerprint density at radius 2 is 0.532 bits per heavy atom. The van der Waals surface area contributed by atoms with Gasteiger partial charge in [-0.1, -0.05) is 311 Å². The minimum Gasteiger partial charge on any atom is -0.462 e. The molecule has 0 rings (SSSR count). The van der Waals surface area contributed by atoms with E-state index in [1.807, 2.05) is 6.08 Å². The van der Waals surface area contributed by atoms with Crippen molar-refractivity contribution in [1.82, 2.24) is 0 Å². The highest BCUT2D eigenvalue weighted by molar-refractivity contribution is 5.71. The van der Waals surface area contributed by atoms with Gasteiger partial charge in [0, 0.05) is 19.3 Å². The van der Waals surface area contributed by atoms with Gasteiger partial charge in [0.15, 0.2) is 6.10 Å². The summed E-state index contributed by atoms with van der Waals surface area (Å²) in [6, 6.07) is 0. The summed E-state index contributed by atoms with van der Waals surface area (Å²) >= 11 is 0. The molecule has 0 fully saturated rings. The summed E-state index contributed by atoms with van der Waals surface area (Å²) in [5.41, 5.74) is 0. The average molecular weight is 1070 g/mol. The SMILES string of the molecule is CC/C=C\C/C=C\C/C=C\C/C=C\C/C=C\C/C=C\CCC(=O)O[C@H](COC(=O)CCCCCCCCCCC/C=C\CCCCCCCC)COC(=O)CCCCCCCCCCCCCCCCCCCCCCC. The highest BCUT2D eigenvalue weighted by Crippen LogP contribution is 2.17. The number of unbranched alkanes of at least 4 members (excludes halogenated alkanes) is 35. The number of carbonyl (C=O) groups excluding carboxylic acids is 3. The van der Waals surface area contributed by atoms with Crippen LogP contribution in [0.5, 0.6) is 0 Å². The fourth-order valence-corrected chi connectivity index (χ4v) is 9.47. The number of hydrogen-bond acceptors (Lipinski definition) is 6. The molecule has 0 heterocycles. The third-order valence-corrected chi connectivity index (χ3v) is 14.4. The van der Waals surface area contributed by atoms with E-state index in [2.05, 4.69) is 99.8 Å². The topological polar surface area (TPSA) is 78.9 Å². The average Bonchev–Trinajstić information content (AvgIpc) is 3.43. The number of allylic oxidation sites excluding steroid dienone is 14. The molecule has 0 aliphatic rings. The van der Waals surface area contributed by atoms with Gasteiger partial charge >= 0.3 is 17.9 Å². The highest BCUT2D eigenvalue weighted by atomic mass is 16.6. The van der Waals surface area contributed by atoms with Gasteiger partial charge in [-0.2, -0.15) is 0 Å². The molecule has 0 aromatic heterocycles. The highest BCUT2D eigenvalue weighted by Gasteiger charge is 2.19. The Kier molecular flexibility index (Phi) is 62.2. The number of carbonyl (C=O) groups is 3. The van der Waals surface area contributed by atoms with E-state index in [0.717, 1.165) is 77.0 Å². The molecule has 0 aromatic rings. The Balaban J connectivity index is 4.44. The van der Waals surface area contributed by atoms with Crippen molar-refractivity contribution in [3.8, 4) is 0 Å². The van der Waals surface area contributed by atoms with Gasteiger partial charge < -0.3 is 14.2 Å². The molecule has 0 bridgehead atoms. The van der Waals surface area contributed by atoms with Crippen LogP contribution in [0.2, 0.25) is 0 Å². The largest absolute Gasteiger partial charge is 0.462 e. The van der Waals surface area contributed by atoms with E-state index in [9.17, 15) is 14.4 Å². The zero-order chi connectivity index (χ0) is 55.7. The lowest BCUT2D eigenvalue weighted by Crippen LogP contribution is -2.30. The second kappa shape index (κ2) is 65.1. The molecule has 0 saturated carbocycles. The molecule has 0 amide bonds. The Labute approximate surface area is 477 Å². The fraction of sp³-hybridized carbons (Fsp3) is 0.761. The first kappa shape index (κ1) is 73.6. The standard InChI is InChI=1S/C71H124O6/c1-4-7-10-13-16-19-22-25-28-31-34-35-38-40-43-46-49-52-55-58-61-64-70(73)76-67-68(77-71(74)65-62-59-56-53-50-47-44-41-37-33-30-27-24-21-18-15-12-9-6-3)66-75-69(72)63-60-57-54-51-48-45-42-39-36-32-29-26-23-20-17-14-11-8-5-2/h9,12,18,21,26-27,29-30,37,41,47,50,56,59,68H,4-8,10-11,13-17,19-20,22-25,28,31-36,38-40,42-46,48-49,51-55,57-58,60-67H2,1-3H3/b12-9-,21-18-,29-26-,30-27-,41-37-,50-47-,59-56-/t68-/m1/s1. The van der Waals surface area contributed by atoms with Crippen molar-refractivity contribution in [1.29, 1.82) is 0 Å². The van der Waals surface area contributed by atoms with Crippen LogP contribution in [0.3, 0.4) is 0 Å². The Morgan fingerprint density at radius 3 is 0.844 bits per heavy atom. The summed E-state index contributed by atoms with van der Waals surface area (Å²) in [7, 11) is 0. The molecule has 0 N–H and O–H groups in total. The van der Waals surface area contributed by atoms with Crippen LogP contribution in [0.25, 0.3) is 0 Å². The van der Waals surface area contributed by atoms with Crippen molar-refractivity contribution in [2.24, 2.45) is 0 Å². The summed E-state index contributed by atoms with van der Waals surface area (Å²) in [5.74, 6) is -0.975. The Bertz CT molecular complexity index is 1470. The van der Waals surface area contributed by atoms with Gasteiger partial charge in [0.1, 0.15) is 13.2 Å². The molecule has 0 spiro atoms. The van der Waals surface area contributed by atoms with Crippen molar-refractivity contribution in [3.05, 3.63) is 85.1 Å². The van der Waals surface area contributed by atoms with Gasteiger partial charge in [-0.3, -0.25) is 14.4 Å². The van der Waals surface area contributed by atoms with E-state index in [-0.39, 0.29) is 37.5 Å². The first-order valence-corrected chi connectivity index (χ1v) is 33.1. The second-order valence-corrected chi connectivity index (χ2v) is 22.0. The fourth-order valence-electron chi connectivity index (χ4n) is 9.47. The second-order valence-electron chi connectivity index (χ2n) is 22.0. The molecule has 0 aliphatic heterocycles. The molecular formula is C71H124O6. The third kappa shape index (κ3) is 63.3. The number of rotatable bonds is 60. The van der Waals surface area contributed by atoms with Crippen molar-refractivity contribution >= 4 is 17.9 Å². The van der Waals surface area contributed by atoms with Crippen LogP contribution in [0, 0.1) is 0 Å². The quantitative estimate of drug-likeness (QED) is 0.0261. The van der Waals surface area contributed by atoms with Crippen molar-refractivity contribution in [2.45, 2.75) is 335 Å². The van der Waals surface area contributed by atoms with Crippen molar-refractivity contribution < 1.29 is 28.6 Å². The Morgan fingerprint density at radius 1 is 0.273 bits per heavy atom. The molecule has 1 atom stereocenters. The summed E-state index contributed by atoms with van der Waals surface area (Å²) in [4.78, 5) is 38.3. The molecule has 6 heteroatoms. The molecule has 0 aromatic carbocycles. The number of hydrogen-bond donors (Lipinski definition) is 0. The van der Waals surface area contributed by atoms with Gasteiger partial charge in [0.25, 0.3) is 0 Å². The van der Waals surface area contributed by atoms with Gasteiger partial charge in [0.2, 0.25) is 0 Å². The minimum atomic E-state index is -0.818. The first-order chi connectivity index (χ1) is 38.0. The summed E-state index contributed by atoms with van der Waals surface area (Å²) < 4.78 is 16.9. The van der Waals surface area contributed by atoms with Gasteiger partial charge in [0.05, 0.1) is 0 Å². The molecule has 77 heavy (non-hydrogen) atoms.